The average molecular weight is 214 g/mol. The molecule has 4 heteroatoms. The van der Waals surface area contributed by atoms with Crippen molar-refractivity contribution in [2.45, 2.75) is 12.8 Å². The van der Waals surface area contributed by atoms with Crippen molar-refractivity contribution in [3.05, 3.63) is 15.8 Å². The Balaban J connectivity index is 2.46. The van der Waals surface area contributed by atoms with Crippen LogP contribution in [0.15, 0.2) is 11.4 Å². The molecule has 0 unspecified atom stereocenters. The van der Waals surface area contributed by atoms with Crippen molar-refractivity contribution in [3.8, 4) is 12.3 Å². The van der Waals surface area contributed by atoms with E-state index in [-0.39, 0.29) is 5.91 Å². The van der Waals surface area contributed by atoms with Crippen LogP contribution in [0.5, 0.6) is 0 Å². The number of hydrogen-bond acceptors (Lipinski definition) is 2. The molecule has 0 aliphatic carbocycles. The number of halogens is 1. The van der Waals surface area contributed by atoms with Crippen LogP contribution in [-0.2, 0) is 4.79 Å². The molecule has 0 saturated carbocycles. The molecule has 0 aromatic carbocycles. The molecule has 13 heavy (non-hydrogen) atoms. The number of amides is 1. The highest BCUT2D eigenvalue weighted by atomic mass is 35.5. The molecule has 0 aliphatic heterocycles. The largest absolute Gasteiger partial charge is 0.324 e. The van der Waals surface area contributed by atoms with Crippen LogP contribution in [0.3, 0.4) is 0 Å². The second kappa shape index (κ2) is 4.90. The maximum Gasteiger partial charge on any atom is 0.225 e. The third kappa shape index (κ3) is 3.10. The summed E-state index contributed by atoms with van der Waals surface area (Å²) in [7, 11) is 0. The van der Waals surface area contributed by atoms with Gasteiger partial charge in [0.1, 0.15) is 4.34 Å². The highest BCUT2D eigenvalue weighted by Crippen LogP contribution is 2.27. The maximum absolute atomic E-state index is 11.2. The number of nitrogens with one attached hydrogen (secondary N) is 1. The number of hydrogen-bond donors (Lipinski definition) is 1. The lowest BCUT2D eigenvalue weighted by molar-refractivity contribution is -0.116. The molecule has 1 aromatic heterocycles. The van der Waals surface area contributed by atoms with Crippen LogP contribution in [0.2, 0.25) is 4.34 Å². The fourth-order valence-electron chi connectivity index (χ4n) is 0.780. The minimum absolute atomic E-state index is 0.0988. The molecule has 0 bridgehead atoms. The van der Waals surface area contributed by atoms with Crippen molar-refractivity contribution in [1.82, 2.24) is 0 Å². The van der Waals surface area contributed by atoms with Gasteiger partial charge in [0, 0.05) is 12.8 Å². The van der Waals surface area contributed by atoms with E-state index in [1.54, 1.807) is 6.07 Å². The summed E-state index contributed by atoms with van der Waals surface area (Å²) < 4.78 is 0.592. The Morgan fingerprint density at radius 2 is 2.54 bits per heavy atom. The van der Waals surface area contributed by atoms with Gasteiger partial charge in [-0.05, 0) is 11.4 Å². The van der Waals surface area contributed by atoms with E-state index in [1.165, 1.54) is 11.3 Å². The van der Waals surface area contributed by atoms with E-state index in [0.717, 1.165) is 0 Å². The topological polar surface area (TPSA) is 29.1 Å². The SMILES string of the molecule is C#CCCC(=O)Nc1ccsc1Cl. The monoisotopic (exact) mass is 213 g/mol. The van der Waals surface area contributed by atoms with Crippen LogP contribution in [-0.4, -0.2) is 5.91 Å². The normalized spacial score (nSPS) is 9.23. The predicted molar refractivity (Wildman–Crippen MR) is 56.0 cm³/mol. The van der Waals surface area contributed by atoms with E-state index in [2.05, 4.69) is 11.2 Å². The minimum atomic E-state index is -0.0988. The first-order chi connectivity index (χ1) is 6.24. The van der Waals surface area contributed by atoms with E-state index in [0.29, 0.717) is 22.9 Å². The van der Waals surface area contributed by atoms with Crippen LogP contribution >= 0.6 is 22.9 Å². The summed E-state index contributed by atoms with van der Waals surface area (Å²) in [5.41, 5.74) is 0.661. The molecule has 0 aliphatic rings. The molecule has 0 saturated heterocycles. The van der Waals surface area contributed by atoms with Crippen LogP contribution in [0, 0.1) is 12.3 Å². The van der Waals surface area contributed by atoms with Crippen molar-refractivity contribution in [1.29, 1.82) is 0 Å². The summed E-state index contributed by atoms with van der Waals surface area (Å²) in [5, 5.41) is 4.49. The Morgan fingerprint density at radius 3 is 3.08 bits per heavy atom. The molecule has 1 aromatic rings. The van der Waals surface area contributed by atoms with Crippen LogP contribution in [0.25, 0.3) is 0 Å². The van der Waals surface area contributed by atoms with Crippen molar-refractivity contribution in [2.75, 3.05) is 5.32 Å². The zero-order chi connectivity index (χ0) is 9.68. The molecule has 0 spiro atoms. The van der Waals surface area contributed by atoms with E-state index >= 15 is 0 Å². The van der Waals surface area contributed by atoms with Crippen molar-refractivity contribution in [3.63, 3.8) is 0 Å². The van der Waals surface area contributed by atoms with Gasteiger partial charge in [-0.1, -0.05) is 11.6 Å². The maximum atomic E-state index is 11.2. The standard InChI is InChI=1S/C9H8ClNOS/c1-2-3-4-8(12)11-7-5-6-13-9(7)10/h1,5-6H,3-4H2,(H,11,12). The number of rotatable bonds is 3. The summed E-state index contributed by atoms with van der Waals surface area (Å²) in [6.07, 6.45) is 5.81. The fraction of sp³-hybridized carbons (Fsp3) is 0.222. The quantitative estimate of drug-likeness (QED) is 0.769. The number of carbonyl (C=O) groups is 1. The van der Waals surface area contributed by atoms with Gasteiger partial charge in [0.2, 0.25) is 5.91 Å². The fourth-order valence-corrected chi connectivity index (χ4v) is 1.61. The van der Waals surface area contributed by atoms with Gasteiger partial charge in [0.25, 0.3) is 0 Å². The first-order valence-electron chi connectivity index (χ1n) is 3.70. The zero-order valence-corrected chi connectivity index (χ0v) is 8.41. The third-order valence-corrected chi connectivity index (χ3v) is 2.56. The molecular weight excluding hydrogens is 206 g/mol. The average Bonchev–Trinajstić information content (AvgIpc) is 2.48. The van der Waals surface area contributed by atoms with E-state index in [1.807, 2.05) is 5.38 Å². The number of carbonyl (C=O) groups excluding carboxylic acids is 1. The van der Waals surface area contributed by atoms with E-state index in [9.17, 15) is 4.79 Å². The van der Waals surface area contributed by atoms with E-state index in [4.69, 9.17) is 18.0 Å². The molecule has 0 atom stereocenters. The second-order valence-electron chi connectivity index (χ2n) is 2.36. The smallest absolute Gasteiger partial charge is 0.225 e. The lowest BCUT2D eigenvalue weighted by atomic mass is 10.3. The van der Waals surface area contributed by atoms with E-state index < -0.39 is 0 Å². The minimum Gasteiger partial charge on any atom is -0.324 e. The van der Waals surface area contributed by atoms with Crippen molar-refractivity contribution < 1.29 is 4.79 Å². The highest BCUT2D eigenvalue weighted by Gasteiger charge is 2.05. The molecule has 0 radical (unpaired) electrons. The molecule has 0 fully saturated rings. The Hall–Kier alpha value is -0.980. The van der Waals surface area contributed by atoms with Crippen LogP contribution in [0.1, 0.15) is 12.8 Å². The van der Waals surface area contributed by atoms with Crippen LogP contribution in [0.4, 0.5) is 5.69 Å². The van der Waals surface area contributed by atoms with Crippen molar-refractivity contribution >= 4 is 34.5 Å². The molecule has 1 heterocycles. The van der Waals surface area contributed by atoms with Gasteiger partial charge in [0.05, 0.1) is 5.69 Å². The summed E-state index contributed by atoms with van der Waals surface area (Å²) in [4.78, 5) is 11.2. The van der Waals surface area contributed by atoms with Gasteiger partial charge in [-0.15, -0.1) is 23.7 Å². The summed E-state index contributed by atoms with van der Waals surface area (Å²) in [5.74, 6) is 2.30. The molecular formula is C9H8ClNOS. The Labute approximate surface area is 85.9 Å². The molecule has 1 N–H and O–H groups in total. The lowest BCUT2D eigenvalue weighted by Crippen LogP contribution is -2.10. The first kappa shape index (κ1) is 10.1. The Morgan fingerprint density at radius 1 is 1.77 bits per heavy atom. The molecule has 1 amide bonds. The number of anilines is 1. The van der Waals surface area contributed by atoms with Gasteiger partial charge in [-0.2, -0.15) is 0 Å². The summed E-state index contributed by atoms with van der Waals surface area (Å²) in [6.45, 7) is 0. The van der Waals surface area contributed by atoms with Gasteiger partial charge >= 0.3 is 0 Å². The Kier molecular flexibility index (Phi) is 3.81. The molecule has 68 valence electrons. The van der Waals surface area contributed by atoms with Crippen molar-refractivity contribution in [2.24, 2.45) is 0 Å². The van der Waals surface area contributed by atoms with Gasteiger partial charge in [0.15, 0.2) is 0 Å². The second-order valence-corrected chi connectivity index (χ2v) is 3.88. The van der Waals surface area contributed by atoms with Crippen LogP contribution < -0.4 is 5.32 Å². The molecule has 1 rings (SSSR count). The number of thiophene rings is 1. The summed E-state index contributed by atoms with van der Waals surface area (Å²) >= 11 is 7.16. The highest BCUT2D eigenvalue weighted by molar-refractivity contribution is 7.15. The summed E-state index contributed by atoms with van der Waals surface area (Å²) in [6, 6.07) is 1.76. The first-order valence-corrected chi connectivity index (χ1v) is 4.96. The van der Waals surface area contributed by atoms with Gasteiger partial charge in [-0.25, -0.2) is 0 Å². The zero-order valence-electron chi connectivity index (χ0n) is 6.84. The lowest BCUT2D eigenvalue weighted by Gasteiger charge is -2.00. The Bertz CT molecular complexity index is 340. The van der Waals surface area contributed by atoms with Gasteiger partial charge in [-0.3, -0.25) is 4.79 Å². The predicted octanol–water partition coefficient (Wildman–Crippen LogP) is 2.75. The molecule has 2 nitrogen and oxygen atoms in total. The number of terminal acetylenes is 1. The third-order valence-electron chi connectivity index (χ3n) is 1.39. The van der Waals surface area contributed by atoms with Gasteiger partial charge < -0.3 is 5.32 Å².